The summed E-state index contributed by atoms with van der Waals surface area (Å²) in [6.07, 6.45) is 0. The summed E-state index contributed by atoms with van der Waals surface area (Å²) in [5.74, 6) is 0. The normalized spacial score (nSPS) is 7.88. The van der Waals surface area contributed by atoms with Crippen molar-refractivity contribution in [1.82, 2.24) is 0 Å². The molecule has 0 bridgehead atoms. The van der Waals surface area contributed by atoms with E-state index in [0.29, 0.717) is 0 Å². The number of rotatable bonds is 3. The number of hydrogen-bond donors (Lipinski definition) is 0. The van der Waals surface area contributed by atoms with E-state index in [4.69, 9.17) is 0 Å². The molecule has 8 heavy (non-hydrogen) atoms. The second-order valence-corrected chi connectivity index (χ2v) is 9.41. The molecule has 0 radical (unpaired) electrons. The molecule has 0 aromatic carbocycles. The summed E-state index contributed by atoms with van der Waals surface area (Å²) in [6, 6.07) is 0. The third kappa shape index (κ3) is 5.41. The van der Waals surface area contributed by atoms with E-state index >= 15 is 0 Å². The van der Waals surface area contributed by atoms with Gasteiger partial charge in [-0.25, -0.2) is 0 Å². The molecule has 0 aromatic heterocycles. The van der Waals surface area contributed by atoms with Crippen molar-refractivity contribution in [3.05, 3.63) is 0 Å². The minimum absolute atomic E-state index is 0. The van der Waals surface area contributed by atoms with Crippen molar-refractivity contribution in [1.29, 1.82) is 0 Å². The van der Waals surface area contributed by atoms with Crippen molar-refractivity contribution in [3.63, 3.8) is 0 Å². The van der Waals surface area contributed by atoms with Crippen molar-refractivity contribution < 1.29 is 24.0 Å². The van der Waals surface area contributed by atoms with E-state index in [-0.39, 0.29) is 24.0 Å². The molecule has 0 rings (SSSR count). The van der Waals surface area contributed by atoms with Gasteiger partial charge in [-0.05, 0) is 0 Å². The van der Waals surface area contributed by atoms with Crippen LogP contribution in [0.3, 0.4) is 0 Å². The van der Waals surface area contributed by atoms with Crippen molar-refractivity contribution in [2.24, 2.45) is 0 Å². The fourth-order valence-corrected chi connectivity index (χ4v) is 3.90. The molecule has 0 aromatic rings. The molecule has 0 saturated carbocycles. The minimum Gasteiger partial charge on any atom is -1.00 e. The average Bonchev–Trinajstić information content (AvgIpc) is 1.72. The molecule has 0 N–H and O–H groups in total. The third-order valence-corrected chi connectivity index (χ3v) is 7.79. The van der Waals surface area contributed by atoms with Gasteiger partial charge >= 0.3 is 50.9 Å². The van der Waals surface area contributed by atoms with Crippen LogP contribution in [0.2, 0.25) is 15.8 Å². The van der Waals surface area contributed by atoms with Gasteiger partial charge in [0, 0.05) is 0 Å². The van der Waals surface area contributed by atoms with E-state index in [1.807, 2.05) is 0 Å². The largest absolute Gasteiger partial charge is 1.00 e. The van der Waals surface area contributed by atoms with Crippen molar-refractivity contribution in [2.75, 3.05) is 0 Å². The predicted molar refractivity (Wildman–Crippen MR) is 37.2 cm³/mol. The molecule has 0 atom stereocenters. The number of hydrogen-bond acceptors (Lipinski definition) is 0. The summed E-state index contributed by atoms with van der Waals surface area (Å²) in [5.41, 5.74) is 0. The first-order chi connectivity index (χ1) is 3.35. The topological polar surface area (TPSA) is 0 Å². The summed E-state index contributed by atoms with van der Waals surface area (Å²) in [5, 5.41) is 4.56. The molecular weight excluding hydrogens is 272 g/mol. The van der Waals surface area contributed by atoms with Crippen LogP contribution in [0.4, 0.5) is 0 Å². The van der Waals surface area contributed by atoms with Crippen LogP contribution in [0.1, 0.15) is 20.8 Å². The van der Waals surface area contributed by atoms with Crippen molar-refractivity contribution >= 4 is 14.3 Å². The zero-order valence-electron chi connectivity index (χ0n) is 6.00. The van der Waals surface area contributed by atoms with Gasteiger partial charge < -0.3 is 24.0 Å². The Morgan fingerprint density at radius 3 is 1.12 bits per heavy atom. The maximum absolute atomic E-state index is 2.34. The van der Waals surface area contributed by atoms with Crippen molar-refractivity contribution in [3.8, 4) is 0 Å². The Bertz CT molecular complexity index is 30.0. The van der Waals surface area contributed by atoms with Gasteiger partial charge in [0.05, 0.1) is 0 Å². The molecule has 0 fully saturated rings. The molecule has 0 spiro atoms. The molecule has 0 saturated heterocycles. The number of halogens is 1. The van der Waals surface area contributed by atoms with Crippen LogP contribution in [-0.4, -0.2) is 14.3 Å². The van der Waals surface area contributed by atoms with Gasteiger partial charge in [-0.15, -0.1) is 0 Å². The smallest absolute Gasteiger partial charge is 1.00 e. The zero-order chi connectivity index (χ0) is 5.70. The second-order valence-electron chi connectivity index (χ2n) is 1.81. The first kappa shape index (κ1) is 12.0. The van der Waals surface area contributed by atoms with E-state index in [1.165, 1.54) is 15.8 Å². The van der Waals surface area contributed by atoms with Crippen LogP contribution < -0.4 is 24.0 Å². The van der Waals surface area contributed by atoms with Crippen LogP contribution in [0.5, 0.6) is 0 Å². The Morgan fingerprint density at radius 1 is 0.875 bits per heavy atom. The van der Waals surface area contributed by atoms with E-state index in [1.54, 1.807) is 0 Å². The molecule has 50 valence electrons. The van der Waals surface area contributed by atoms with E-state index in [9.17, 15) is 0 Å². The average molecular weight is 287 g/mol. The fourth-order valence-electron chi connectivity index (χ4n) is 0.750. The van der Waals surface area contributed by atoms with E-state index < -0.39 is 14.3 Å². The Morgan fingerprint density at radius 2 is 1.12 bits per heavy atom. The van der Waals surface area contributed by atoms with Crippen LogP contribution in [-0.2, 0) is 0 Å². The van der Waals surface area contributed by atoms with Gasteiger partial charge in [-0.2, -0.15) is 0 Å². The molecule has 0 unspecified atom stereocenters. The summed E-state index contributed by atoms with van der Waals surface area (Å²) in [4.78, 5) is 0. The molecule has 0 aliphatic carbocycles. The Balaban J connectivity index is 0. The van der Waals surface area contributed by atoms with Crippen molar-refractivity contribution in [2.45, 2.75) is 36.5 Å². The van der Waals surface area contributed by atoms with Crippen LogP contribution in [0.25, 0.3) is 0 Å². The predicted octanol–water partition coefficient (Wildman–Crippen LogP) is -0.455. The molecule has 0 aliphatic heterocycles. The van der Waals surface area contributed by atoms with Gasteiger partial charge in [0.15, 0.2) is 0 Å². The minimum atomic E-state index is -0.403. The Labute approximate surface area is 74.6 Å². The van der Waals surface area contributed by atoms with Gasteiger partial charge in [0.25, 0.3) is 0 Å². The molecule has 2 heteroatoms. The zero-order valence-corrected chi connectivity index (χ0v) is 10.3. The molecule has 0 amide bonds. The molecular formula is C6H15GeI. The van der Waals surface area contributed by atoms with Crippen LogP contribution in [0, 0.1) is 0 Å². The third-order valence-electron chi connectivity index (χ3n) is 1.50. The molecule has 0 aliphatic rings. The monoisotopic (exact) mass is 288 g/mol. The maximum Gasteiger partial charge on any atom is -1.00 e. The summed E-state index contributed by atoms with van der Waals surface area (Å²) in [7, 11) is 0. The summed E-state index contributed by atoms with van der Waals surface area (Å²) >= 11 is -0.403. The standard InChI is InChI=1S/C6H15Ge.HI/c1-4-7(5-2)6-3;/h4-6H2,1-3H3;1H/q+1;/p-1. The quantitative estimate of drug-likeness (QED) is 0.487. The first-order valence-corrected chi connectivity index (χ1v) is 7.63. The fraction of sp³-hybridized carbons (Fsp3) is 1.00. The van der Waals surface area contributed by atoms with E-state index in [0.717, 1.165) is 0 Å². The van der Waals surface area contributed by atoms with Gasteiger partial charge in [-0.1, -0.05) is 0 Å². The first-order valence-electron chi connectivity index (χ1n) is 3.18. The SMILES string of the molecule is C[CH2][Ge+]([CH2]C)[CH2]C.[I-]. The maximum atomic E-state index is 2.34. The van der Waals surface area contributed by atoms with Gasteiger partial charge in [0.1, 0.15) is 0 Å². The Kier molecular flexibility index (Phi) is 12.4. The molecule has 0 nitrogen and oxygen atoms in total. The molecule has 0 heterocycles. The van der Waals surface area contributed by atoms with Gasteiger partial charge in [0.2, 0.25) is 0 Å². The summed E-state index contributed by atoms with van der Waals surface area (Å²) < 4.78 is 0. The van der Waals surface area contributed by atoms with Crippen LogP contribution in [0.15, 0.2) is 0 Å². The van der Waals surface area contributed by atoms with E-state index in [2.05, 4.69) is 20.8 Å². The second kappa shape index (κ2) is 8.27. The van der Waals surface area contributed by atoms with Gasteiger partial charge in [-0.3, -0.25) is 0 Å². The Hall–Kier alpha value is 1.27. The van der Waals surface area contributed by atoms with Crippen LogP contribution >= 0.6 is 0 Å². The summed E-state index contributed by atoms with van der Waals surface area (Å²) in [6.45, 7) is 7.01.